The molecule has 1 amide bonds. The van der Waals surface area contributed by atoms with E-state index in [0.29, 0.717) is 6.61 Å². The predicted molar refractivity (Wildman–Crippen MR) is 127 cm³/mol. The molecule has 5 nitrogen and oxygen atoms in total. The number of hydrogen-bond donors (Lipinski definition) is 0. The van der Waals surface area contributed by atoms with E-state index in [-0.39, 0.29) is 5.91 Å². The molecule has 7 heteroatoms. The zero-order valence-electron chi connectivity index (χ0n) is 17.7. The van der Waals surface area contributed by atoms with Gasteiger partial charge in [-0.15, -0.1) is 23.1 Å². The van der Waals surface area contributed by atoms with Crippen LogP contribution < -0.4 is 4.74 Å². The Bertz CT molecular complexity index is 968. The second kappa shape index (κ2) is 10.8. The van der Waals surface area contributed by atoms with E-state index in [1.165, 1.54) is 0 Å². The Balaban J connectivity index is 1.20. The molecule has 2 heterocycles. The summed E-state index contributed by atoms with van der Waals surface area (Å²) in [4.78, 5) is 22.8. The normalized spacial score (nSPS) is 14.5. The number of aryl methyl sites for hydroxylation is 1. The highest BCUT2D eigenvalue weighted by Crippen LogP contribution is 2.24. The van der Waals surface area contributed by atoms with Crippen molar-refractivity contribution in [1.29, 1.82) is 0 Å². The maximum absolute atomic E-state index is 12.9. The molecule has 0 N–H and O–H groups in total. The lowest BCUT2D eigenvalue weighted by atomic mass is 10.2. The smallest absolute Gasteiger partial charge is 0.253 e. The molecular weight excluding hydrogens is 426 g/mol. The van der Waals surface area contributed by atoms with Crippen LogP contribution in [0.4, 0.5) is 0 Å². The van der Waals surface area contributed by atoms with Gasteiger partial charge in [-0.25, -0.2) is 4.98 Å². The summed E-state index contributed by atoms with van der Waals surface area (Å²) in [6, 6.07) is 17.8. The first kappa shape index (κ1) is 21.9. The molecule has 0 saturated carbocycles. The Morgan fingerprint density at radius 2 is 1.81 bits per heavy atom. The van der Waals surface area contributed by atoms with Crippen LogP contribution in [0.5, 0.6) is 5.75 Å². The zero-order chi connectivity index (χ0) is 21.5. The average molecular weight is 454 g/mol. The SMILES string of the molecule is Cc1nc(CSc2ccc(C(=O)N3CCN(CCOc4ccccc4)CC3)cc2)cs1. The van der Waals surface area contributed by atoms with E-state index in [2.05, 4.69) is 15.3 Å². The van der Waals surface area contributed by atoms with E-state index < -0.39 is 0 Å². The minimum absolute atomic E-state index is 0.117. The summed E-state index contributed by atoms with van der Waals surface area (Å²) in [6.07, 6.45) is 0. The van der Waals surface area contributed by atoms with Gasteiger partial charge in [-0.1, -0.05) is 18.2 Å². The number of aromatic nitrogens is 1. The van der Waals surface area contributed by atoms with Gasteiger partial charge in [0.15, 0.2) is 0 Å². The van der Waals surface area contributed by atoms with Crippen molar-refractivity contribution in [1.82, 2.24) is 14.8 Å². The van der Waals surface area contributed by atoms with Crippen LogP contribution in [0, 0.1) is 6.92 Å². The lowest BCUT2D eigenvalue weighted by Gasteiger charge is -2.34. The first-order chi connectivity index (χ1) is 15.2. The second-order valence-corrected chi connectivity index (χ2v) is 9.58. The van der Waals surface area contributed by atoms with Crippen LogP contribution >= 0.6 is 23.1 Å². The molecular formula is C24H27N3O2S2. The number of para-hydroxylation sites is 1. The van der Waals surface area contributed by atoms with Gasteiger partial charge in [0.05, 0.1) is 10.7 Å². The molecule has 1 aromatic heterocycles. The molecule has 3 aromatic rings. The van der Waals surface area contributed by atoms with E-state index in [0.717, 1.165) is 65.4 Å². The van der Waals surface area contributed by atoms with Crippen LogP contribution in [0.2, 0.25) is 0 Å². The maximum atomic E-state index is 12.9. The number of thioether (sulfide) groups is 1. The zero-order valence-corrected chi connectivity index (χ0v) is 19.3. The predicted octanol–water partition coefficient (Wildman–Crippen LogP) is 4.58. The number of carbonyl (C=O) groups excluding carboxylic acids is 1. The fraction of sp³-hybridized carbons (Fsp3) is 0.333. The third kappa shape index (κ3) is 6.32. The highest BCUT2D eigenvalue weighted by Gasteiger charge is 2.22. The van der Waals surface area contributed by atoms with Gasteiger partial charge in [-0.05, 0) is 43.3 Å². The molecule has 162 valence electrons. The van der Waals surface area contributed by atoms with Crippen LogP contribution in [-0.2, 0) is 5.75 Å². The van der Waals surface area contributed by atoms with Crippen LogP contribution in [0.1, 0.15) is 21.1 Å². The number of amides is 1. The van der Waals surface area contributed by atoms with Crippen molar-refractivity contribution in [2.75, 3.05) is 39.3 Å². The Kier molecular flexibility index (Phi) is 7.61. The van der Waals surface area contributed by atoms with Gasteiger partial charge in [0, 0.05) is 54.3 Å². The fourth-order valence-electron chi connectivity index (χ4n) is 3.49. The number of hydrogen-bond acceptors (Lipinski definition) is 6. The van der Waals surface area contributed by atoms with E-state index >= 15 is 0 Å². The second-order valence-electron chi connectivity index (χ2n) is 7.47. The molecule has 31 heavy (non-hydrogen) atoms. The van der Waals surface area contributed by atoms with E-state index in [9.17, 15) is 4.79 Å². The number of benzene rings is 2. The van der Waals surface area contributed by atoms with Crippen molar-refractivity contribution in [3.05, 3.63) is 76.2 Å². The van der Waals surface area contributed by atoms with Crippen molar-refractivity contribution in [2.24, 2.45) is 0 Å². The summed E-state index contributed by atoms with van der Waals surface area (Å²) in [6.45, 7) is 6.83. The average Bonchev–Trinajstić information content (AvgIpc) is 3.24. The van der Waals surface area contributed by atoms with E-state index in [4.69, 9.17) is 4.74 Å². The number of piperazine rings is 1. The van der Waals surface area contributed by atoms with Gasteiger partial charge >= 0.3 is 0 Å². The summed E-state index contributed by atoms with van der Waals surface area (Å²) in [5, 5.41) is 3.20. The Labute approximate surface area is 192 Å². The van der Waals surface area contributed by atoms with Gasteiger partial charge in [-0.2, -0.15) is 0 Å². The molecule has 0 atom stereocenters. The molecule has 4 rings (SSSR count). The Hall–Kier alpha value is -2.35. The number of ether oxygens (including phenoxy) is 1. The number of nitrogens with zero attached hydrogens (tertiary/aromatic N) is 3. The lowest BCUT2D eigenvalue weighted by Crippen LogP contribution is -2.49. The van der Waals surface area contributed by atoms with Crippen molar-refractivity contribution >= 4 is 29.0 Å². The molecule has 1 aliphatic heterocycles. The number of carbonyl (C=O) groups is 1. The van der Waals surface area contributed by atoms with Gasteiger partial charge in [0.1, 0.15) is 12.4 Å². The minimum atomic E-state index is 0.117. The third-order valence-corrected chi connectivity index (χ3v) is 7.10. The lowest BCUT2D eigenvalue weighted by molar-refractivity contribution is 0.0620. The molecule has 0 radical (unpaired) electrons. The van der Waals surface area contributed by atoms with Crippen molar-refractivity contribution in [2.45, 2.75) is 17.6 Å². The molecule has 1 saturated heterocycles. The highest BCUT2D eigenvalue weighted by atomic mass is 32.2. The van der Waals surface area contributed by atoms with Crippen LogP contribution in [0.3, 0.4) is 0 Å². The van der Waals surface area contributed by atoms with Crippen LogP contribution in [0.15, 0.2) is 64.9 Å². The highest BCUT2D eigenvalue weighted by molar-refractivity contribution is 7.98. The van der Waals surface area contributed by atoms with Gasteiger partial charge in [-0.3, -0.25) is 9.69 Å². The van der Waals surface area contributed by atoms with Crippen molar-refractivity contribution in [3.8, 4) is 5.75 Å². The summed E-state index contributed by atoms with van der Waals surface area (Å²) < 4.78 is 5.79. The molecule has 1 aliphatic rings. The van der Waals surface area contributed by atoms with Crippen molar-refractivity contribution < 1.29 is 9.53 Å². The van der Waals surface area contributed by atoms with Gasteiger partial charge in [0.25, 0.3) is 5.91 Å². The largest absolute Gasteiger partial charge is 0.492 e. The Morgan fingerprint density at radius 1 is 1.06 bits per heavy atom. The summed E-state index contributed by atoms with van der Waals surface area (Å²) >= 11 is 3.43. The summed E-state index contributed by atoms with van der Waals surface area (Å²) in [5.41, 5.74) is 1.87. The quantitative estimate of drug-likeness (QED) is 0.467. The standard InChI is InChI=1S/C24H27N3O2S2/c1-19-25-21(17-30-19)18-31-23-9-7-20(8-10-23)24(28)27-13-11-26(12-14-27)15-16-29-22-5-3-2-4-6-22/h2-10,17H,11-16,18H2,1H3. The first-order valence-corrected chi connectivity index (χ1v) is 12.4. The minimum Gasteiger partial charge on any atom is -0.492 e. The Morgan fingerprint density at radius 3 is 2.48 bits per heavy atom. The fourth-order valence-corrected chi connectivity index (χ4v) is 5.00. The van der Waals surface area contributed by atoms with Gasteiger partial charge < -0.3 is 9.64 Å². The number of rotatable bonds is 8. The molecule has 1 fully saturated rings. The first-order valence-electron chi connectivity index (χ1n) is 10.5. The summed E-state index contributed by atoms with van der Waals surface area (Å²) in [7, 11) is 0. The molecule has 0 aliphatic carbocycles. The topological polar surface area (TPSA) is 45.7 Å². The van der Waals surface area contributed by atoms with Crippen LogP contribution in [0.25, 0.3) is 0 Å². The molecule has 0 spiro atoms. The molecule has 0 unspecified atom stereocenters. The van der Waals surface area contributed by atoms with Crippen LogP contribution in [-0.4, -0.2) is 60.0 Å². The number of thiazole rings is 1. The molecule has 2 aromatic carbocycles. The van der Waals surface area contributed by atoms with Gasteiger partial charge in [0.2, 0.25) is 0 Å². The van der Waals surface area contributed by atoms with Crippen molar-refractivity contribution in [3.63, 3.8) is 0 Å². The summed E-state index contributed by atoms with van der Waals surface area (Å²) in [5.74, 6) is 1.87. The third-order valence-electron chi connectivity index (χ3n) is 5.23. The van der Waals surface area contributed by atoms with E-state index in [1.54, 1.807) is 23.1 Å². The molecule has 0 bridgehead atoms. The van der Waals surface area contributed by atoms with E-state index in [1.807, 2.05) is 66.4 Å². The maximum Gasteiger partial charge on any atom is 0.253 e. The monoisotopic (exact) mass is 453 g/mol.